The van der Waals surface area contributed by atoms with E-state index in [1.165, 1.54) is 16.7 Å². The standard InChI is InChI=1S/C20H23NO/c1-14-11-15(2)13-19(12-14)16(3)5-6-17-7-9-18(10-8-17)20(22)21-4/h5-13,16H,1-4H3,(H,21,22)/b6-5+. The highest BCUT2D eigenvalue weighted by atomic mass is 16.1. The fourth-order valence-electron chi connectivity index (χ4n) is 2.53. The highest BCUT2D eigenvalue weighted by Gasteiger charge is 2.04. The van der Waals surface area contributed by atoms with Gasteiger partial charge in [-0.15, -0.1) is 0 Å². The summed E-state index contributed by atoms with van der Waals surface area (Å²) in [6, 6.07) is 14.3. The summed E-state index contributed by atoms with van der Waals surface area (Å²) < 4.78 is 0. The van der Waals surface area contributed by atoms with Gasteiger partial charge in [0.1, 0.15) is 0 Å². The number of aryl methyl sites for hydroxylation is 2. The Kier molecular flexibility index (Phi) is 5.16. The van der Waals surface area contributed by atoms with Crippen LogP contribution in [-0.4, -0.2) is 13.0 Å². The number of rotatable bonds is 4. The van der Waals surface area contributed by atoms with Crippen molar-refractivity contribution in [3.63, 3.8) is 0 Å². The number of nitrogens with one attached hydrogen (secondary N) is 1. The zero-order chi connectivity index (χ0) is 16.1. The summed E-state index contributed by atoms with van der Waals surface area (Å²) in [5, 5.41) is 2.63. The van der Waals surface area contributed by atoms with Crippen molar-refractivity contribution >= 4 is 12.0 Å². The molecule has 0 heterocycles. The molecule has 114 valence electrons. The van der Waals surface area contributed by atoms with Crippen molar-refractivity contribution in [3.8, 4) is 0 Å². The van der Waals surface area contributed by atoms with Crippen LogP contribution in [0.5, 0.6) is 0 Å². The summed E-state index contributed by atoms with van der Waals surface area (Å²) >= 11 is 0. The van der Waals surface area contributed by atoms with Crippen LogP contribution in [0.25, 0.3) is 6.08 Å². The van der Waals surface area contributed by atoms with Gasteiger partial charge in [0.05, 0.1) is 0 Å². The first kappa shape index (κ1) is 16.0. The lowest BCUT2D eigenvalue weighted by molar-refractivity contribution is 0.0963. The van der Waals surface area contributed by atoms with E-state index in [0.29, 0.717) is 11.5 Å². The van der Waals surface area contributed by atoms with E-state index < -0.39 is 0 Å². The molecule has 1 amide bonds. The largest absolute Gasteiger partial charge is 0.355 e. The fraction of sp³-hybridized carbons (Fsp3) is 0.250. The maximum absolute atomic E-state index is 11.5. The molecule has 2 aromatic carbocycles. The Hall–Kier alpha value is -2.35. The Labute approximate surface area is 132 Å². The van der Waals surface area contributed by atoms with Crippen molar-refractivity contribution in [1.29, 1.82) is 0 Å². The van der Waals surface area contributed by atoms with Gasteiger partial charge in [-0.2, -0.15) is 0 Å². The quantitative estimate of drug-likeness (QED) is 0.884. The minimum Gasteiger partial charge on any atom is -0.355 e. The van der Waals surface area contributed by atoms with Crippen molar-refractivity contribution in [3.05, 3.63) is 76.4 Å². The molecule has 1 atom stereocenters. The van der Waals surface area contributed by atoms with Gasteiger partial charge in [0.2, 0.25) is 0 Å². The molecule has 0 fully saturated rings. The predicted molar refractivity (Wildman–Crippen MR) is 93.2 cm³/mol. The summed E-state index contributed by atoms with van der Waals surface area (Å²) in [7, 11) is 1.64. The molecule has 0 bridgehead atoms. The Balaban J connectivity index is 2.12. The third-order valence-corrected chi connectivity index (χ3v) is 3.75. The molecule has 1 unspecified atom stereocenters. The van der Waals surface area contributed by atoms with Crippen molar-refractivity contribution in [2.45, 2.75) is 26.7 Å². The predicted octanol–water partition coefficient (Wildman–Crippen LogP) is 4.48. The molecular weight excluding hydrogens is 270 g/mol. The van der Waals surface area contributed by atoms with Crippen LogP contribution in [0.3, 0.4) is 0 Å². The van der Waals surface area contributed by atoms with Gasteiger partial charge in [-0.1, -0.05) is 60.5 Å². The van der Waals surface area contributed by atoms with Crippen LogP contribution in [-0.2, 0) is 0 Å². The lowest BCUT2D eigenvalue weighted by atomic mass is 9.96. The van der Waals surface area contributed by atoms with Crippen LogP contribution in [0.2, 0.25) is 0 Å². The van der Waals surface area contributed by atoms with Crippen LogP contribution in [0.1, 0.15) is 45.5 Å². The minimum absolute atomic E-state index is 0.0564. The van der Waals surface area contributed by atoms with Crippen LogP contribution >= 0.6 is 0 Å². The fourth-order valence-corrected chi connectivity index (χ4v) is 2.53. The van der Waals surface area contributed by atoms with Gasteiger partial charge < -0.3 is 5.32 Å². The van der Waals surface area contributed by atoms with E-state index in [0.717, 1.165) is 5.56 Å². The summed E-state index contributed by atoms with van der Waals surface area (Å²) in [4.78, 5) is 11.5. The monoisotopic (exact) mass is 293 g/mol. The van der Waals surface area contributed by atoms with Gasteiger partial charge in [-0.3, -0.25) is 4.79 Å². The molecule has 0 saturated heterocycles. The number of amides is 1. The Bertz CT molecular complexity index is 663. The molecule has 0 aromatic heterocycles. The summed E-state index contributed by atoms with van der Waals surface area (Å²) in [6.45, 7) is 6.46. The van der Waals surface area contributed by atoms with Crippen LogP contribution < -0.4 is 5.32 Å². The van der Waals surface area contributed by atoms with E-state index in [2.05, 4.69) is 56.4 Å². The molecule has 2 heteroatoms. The van der Waals surface area contributed by atoms with Crippen molar-refractivity contribution in [2.75, 3.05) is 7.05 Å². The average Bonchev–Trinajstić information content (AvgIpc) is 2.51. The maximum atomic E-state index is 11.5. The summed E-state index contributed by atoms with van der Waals surface area (Å²) in [5.41, 5.74) is 5.71. The second kappa shape index (κ2) is 7.08. The molecule has 2 rings (SSSR count). The average molecular weight is 293 g/mol. The number of carbonyl (C=O) groups is 1. The molecule has 0 spiro atoms. The van der Waals surface area contributed by atoms with Crippen molar-refractivity contribution < 1.29 is 4.79 Å². The molecular formula is C20H23NO. The molecule has 0 radical (unpaired) electrons. The minimum atomic E-state index is -0.0564. The lowest BCUT2D eigenvalue weighted by Gasteiger charge is -2.09. The molecule has 0 aliphatic rings. The summed E-state index contributed by atoms with van der Waals surface area (Å²) in [6.07, 6.45) is 4.30. The Morgan fingerprint density at radius 1 is 1.05 bits per heavy atom. The zero-order valence-corrected chi connectivity index (χ0v) is 13.7. The van der Waals surface area contributed by atoms with Crippen LogP contribution in [0, 0.1) is 13.8 Å². The topological polar surface area (TPSA) is 29.1 Å². The van der Waals surface area contributed by atoms with E-state index >= 15 is 0 Å². The second-order valence-corrected chi connectivity index (χ2v) is 5.77. The van der Waals surface area contributed by atoms with Crippen molar-refractivity contribution in [1.82, 2.24) is 5.32 Å². The van der Waals surface area contributed by atoms with E-state index in [4.69, 9.17) is 0 Å². The van der Waals surface area contributed by atoms with Crippen LogP contribution in [0.4, 0.5) is 0 Å². The second-order valence-electron chi connectivity index (χ2n) is 5.77. The zero-order valence-electron chi connectivity index (χ0n) is 13.7. The molecule has 0 aliphatic heterocycles. The first-order valence-corrected chi connectivity index (χ1v) is 7.58. The maximum Gasteiger partial charge on any atom is 0.251 e. The molecule has 0 aliphatic carbocycles. The molecule has 22 heavy (non-hydrogen) atoms. The first-order valence-electron chi connectivity index (χ1n) is 7.58. The Morgan fingerprint density at radius 2 is 1.64 bits per heavy atom. The smallest absolute Gasteiger partial charge is 0.251 e. The van der Waals surface area contributed by atoms with Gasteiger partial charge in [0.25, 0.3) is 5.91 Å². The molecule has 2 nitrogen and oxygen atoms in total. The van der Waals surface area contributed by atoms with E-state index in [9.17, 15) is 4.79 Å². The number of allylic oxidation sites excluding steroid dienone is 1. The van der Waals surface area contributed by atoms with Gasteiger partial charge in [0, 0.05) is 12.6 Å². The van der Waals surface area contributed by atoms with Gasteiger partial charge in [0.15, 0.2) is 0 Å². The van der Waals surface area contributed by atoms with Crippen LogP contribution in [0.15, 0.2) is 48.5 Å². The number of hydrogen-bond acceptors (Lipinski definition) is 1. The third kappa shape index (κ3) is 4.08. The van der Waals surface area contributed by atoms with E-state index in [1.807, 2.05) is 24.3 Å². The lowest BCUT2D eigenvalue weighted by Crippen LogP contribution is -2.17. The highest BCUT2D eigenvalue weighted by Crippen LogP contribution is 2.21. The number of hydrogen-bond donors (Lipinski definition) is 1. The van der Waals surface area contributed by atoms with E-state index in [-0.39, 0.29) is 5.91 Å². The van der Waals surface area contributed by atoms with Gasteiger partial charge in [-0.25, -0.2) is 0 Å². The molecule has 1 N–H and O–H groups in total. The van der Waals surface area contributed by atoms with Gasteiger partial charge in [-0.05, 0) is 43.0 Å². The third-order valence-electron chi connectivity index (χ3n) is 3.75. The normalized spacial score (nSPS) is 12.4. The summed E-state index contributed by atoms with van der Waals surface area (Å²) in [5.74, 6) is 0.302. The first-order chi connectivity index (χ1) is 10.5. The molecule has 0 saturated carbocycles. The Morgan fingerprint density at radius 3 is 2.18 bits per heavy atom. The van der Waals surface area contributed by atoms with Gasteiger partial charge >= 0.3 is 0 Å². The van der Waals surface area contributed by atoms with E-state index in [1.54, 1.807) is 7.05 Å². The highest BCUT2D eigenvalue weighted by molar-refractivity contribution is 5.94. The van der Waals surface area contributed by atoms with Crippen molar-refractivity contribution in [2.24, 2.45) is 0 Å². The SMILES string of the molecule is CNC(=O)c1ccc(/C=C/C(C)c2cc(C)cc(C)c2)cc1. The molecule has 2 aromatic rings. The number of carbonyl (C=O) groups excluding carboxylic acids is 1. The number of benzene rings is 2.